The summed E-state index contributed by atoms with van der Waals surface area (Å²) in [6.07, 6.45) is 1.92. The van der Waals surface area contributed by atoms with Crippen molar-refractivity contribution in [1.29, 1.82) is 0 Å². The highest BCUT2D eigenvalue weighted by Gasteiger charge is 2.16. The molecule has 0 fully saturated rings. The van der Waals surface area contributed by atoms with Crippen molar-refractivity contribution in [3.05, 3.63) is 33.5 Å². The van der Waals surface area contributed by atoms with Gasteiger partial charge in [0.25, 0.3) is 5.91 Å². The zero-order valence-electron chi connectivity index (χ0n) is 12.0. The van der Waals surface area contributed by atoms with Crippen LogP contribution < -0.4 is 5.32 Å². The van der Waals surface area contributed by atoms with Gasteiger partial charge in [-0.1, -0.05) is 13.8 Å². The first-order valence-corrected chi connectivity index (χ1v) is 8.20. The summed E-state index contributed by atoms with van der Waals surface area (Å²) in [6.45, 7) is 8.26. The lowest BCUT2D eigenvalue weighted by molar-refractivity contribution is 0.101. The number of aromatic nitrogens is 2. The molecule has 20 heavy (non-hydrogen) atoms. The van der Waals surface area contributed by atoms with Crippen molar-refractivity contribution in [3.63, 3.8) is 0 Å². The first-order chi connectivity index (χ1) is 9.38. The van der Waals surface area contributed by atoms with Crippen molar-refractivity contribution in [2.45, 2.75) is 39.7 Å². The Hall–Kier alpha value is -1.14. The second-order valence-corrected chi connectivity index (χ2v) is 7.00. The van der Waals surface area contributed by atoms with Crippen molar-refractivity contribution in [2.24, 2.45) is 0 Å². The molecule has 0 aromatic carbocycles. The van der Waals surface area contributed by atoms with Crippen molar-refractivity contribution >= 4 is 38.3 Å². The number of amides is 1. The first kappa shape index (κ1) is 15.3. The van der Waals surface area contributed by atoms with Crippen LogP contribution in [0.15, 0.2) is 22.1 Å². The number of carbonyl (C=O) groups is 1. The molecule has 2 aromatic heterocycles. The average Bonchev–Trinajstić information content (AvgIpc) is 2.95. The first-order valence-electron chi connectivity index (χ1n) is 6.52. The molecule has 2 rings (SSSR count). The fraction of sp³-hybridized carbons (Fsp3) is 0.429. The lowest BCUT2D eigenvalue weighted by Crippen LogP contribution is -2.17. The Morgan fingerprint density at radius 2 is 2.10 bits per heavy atom. The molecule has 0 bridgehead atoms. The van der Waals surface area contributed by atoms with E-state index in [1.54, 1.807) is 0 Å². The molecule has 1 amide bonds. The molecule has 0 aliphatic rings. The van der Waals surface area contributed by atoms with Crippen LogP contribution in [0.5, 0.6) is 0 Å². The third-order valence-electron chi connectivity index (χ3n) is 2.94. The van der Waals surface area contributed by atoms with Crippen molar-refractivity contribution in [1.82, 2.24) is 9.55 Å². The Morgan fingerprint density at radius 3 is 2.65 bits per heavy atom. The molecule has 6 heteroatoms. The summed E-state index contributed by atoms with van der Waals surface area (Å²) < 4.78 is 2.84. The molecule has 0 radical (unpaired) electrons. The molecule has 108 valence electrons. The summed E-state index contributed by atoms with van der Waals surface area (Å²) >= 11 is 4.87. The second kappa shape index (κ2) is 6.10. The lowest BCUT2D eigenvalue weighted by Gasteiger charge is -2.11. The van der Waals surface area contributed by atoms with Crippen LogP contribution in [0.1, 0.15) is 55.8 Å². The molecule has 0 saturated heterocycles. The number of nitrogens with one attached hydrogen (secondary N) is 1. The van der Waals surface area contributed by atoms with Gasteiger partial charge in [0.05, 0.1) is 5.69 Å². The number of halogens is 1. The van der Waals surface area contributed by atoms with Gasteiger partial charge in [-0.25, -0.2) is 4.98 Å². The maximum atomic E-state index is 12.3. The van der Waals surface area contributed by atoms with E-state index in [1.807, 2.05) is 36.1 Å². The number of rotatable bonds is 4. The van der Waals surface area contributed by atoms with Gasteiger partial charge >= 0.3 is 0 Å². The van der Waals surface area contributed by atoms with Crippen molar-refractivity contribution < 1.29 is 4.79 Å². The molecule has 0 aliphatic carbocycles. The predicted molar refractivity (Wildman–Crippen MR) is 86.7 cm³/mol. The van der Waals surface area contributed by atoms with E-state index in [-0.39, 0.29) is 11.9 Å². The zero-order valence-corrected chi connectivity index (χ0v) is 14.4. The number of nitrogens with zero attached hydrogens (tertiary/aromatic N) is 2. The highest BCUT2D eigenvalue weighted by atomic mass is 79.9. The van der Waals surface area contributed by atoms with Crippen LogP contribution in [0, 0.1) is 0 Å². The minimum absolute atomic E-state index is 0.131. The largest absolute Gasteiger partial charge is 0.340 e. The number of thiazole rings is 1. The van der Waals surface area contributed by atoms with Gasteiger partial charge < -0.3 is 4.57 Å². The van der Waals surface area contributed by atoms with Crippen LogP contribution >= 0.6 is 27.3 Å². The normalized spacial score (nSPS) is 11.3. The molecule has 1 N–H and O–H groups in total. The molecular weight excluding hydrogens is 338 g/mol. The van der Waals surface area contributed by atoms with Crippen LogP contribution in [-0.4, -0.2) is 15.5 Å². The minimum Gasteiger partial charge on any atom is -0.340 e. The summed E-state index contributed by atoms with van der Waals surface area (Å²) in [6, 6.07) is 2.05. The van der Waals surface area contributed by atoms with Gasteiger partial charge in [0, 0.05) is 22.1 Å². The highest BCUT2D eigenvalue weighted by Crippen LogP contribution is 2.24. The van der Waals surface area contributed by atoms with Crippen molar-refractivity contribution in [2.75, 3.05) is 5.32 Å². The van der Waals surface area contributed by atoms with E-state index in [4.69, 9.17) is 0 Å². The van der Waals surface area contributed by atoms with E-state index in [0.29, 0.717) is 16.7 Å². The van der Waals surface area contributed by atoms with Crippen LogP contribution in [0.3, 0.4) is 0 Å². The molecule has 2 heterocycles. The van der Waals surface area contributed by atoms with E-state index in [0.717, 1.165) is 10.2 Å². The molecule has 2 aromatic rings. The molecule has 0 saturated carbocycles. The number of hydrogen-bond donors (Lipinski definition) is 1. The minimum atomic E-state index is -0.131. The zero-order chi connectivity index (χ0) is 14.9. The molecular formula is C14H18BrN3OS. The third-order valence-corrected chi connectivity index (χ3v) is 4.15. The summed E-state index contributed by atoms with van der Waals surface area (Å²) in [5, 5.41) is 5.50. The van der Waals surface area contributed by atoms with Gasteiger partial charge in [0.15, 0.2) is 5.13 Å². The number of hydrogen-bond acceptors (Lipinski definition) is 3. The monoisotopic (exact) mass is 355 g/mol. The van der Waals surface area contributed by atoms with Crippen LogP contribution in [0.2, 0.25) is 0 Å². The predicted octanol–water partition coefficient (Wildman–Crippen LogP) is 4.66. The molecule has 0 unspecified atom stereocenters. The summed E-state index contributed by atoms with van der Waals surface area (Å²) in [5.74, 6) is 0.236. The summed E-state index contributed by atoms with van der Waals surface area (Å²) in [5.41, 5.74) is 1.64. The maximum absolute atomic E-state index is 12.3. The van der Waals surface area contributed by atoms with Gasteiger partial charge in [-0.3, -0.25) is 10.1 Å². The fourth-order valence-electron chi connectivity index (χ4n) is 1.82. The summed E-state index contributed by atoms with van der Waals surface area (Å²) in [7, 11) is 0. The second-order valence-electron chi connectivity index (χ2n) is 5.23. The smallest absolute Gasteiger partial charge is 0.274 e. The van der Waals surface area contributed by atoms with Crippen LogP contribution in [-0.2, 0) is 0 Å². The van der Waals surface area contributed by atoms with E-state index < -0.39 is 0 Å². The fourth-order valence-corrected chi connectivity index (χ4v) is 3.13. The van der Waals surface area contributed by atoms with E-state index in [1.165, 1.54) is 11.3 Å². The average molecular weight is 356 g/mol. The van der Waals surface area contributed by atoms with Gasteiger partial charge in [0.2, 0.25) is 0 Å². The molecule has 0 spiro atoms. The standard InChI is InChI=1S/C14H18BrN3OS/c1-8(2)11-7-20-14(16-11)17-13(19)12-5-10(15)6-18(12)9(3)4/h5-9H,1-4H3,(H,16,17,19). The molecule has 4 nitrogen and oxygen atoms in total. The third kappa shape index (κ3) is 3.30. The van der Waals surface area contributed by atoms with Gasteiger partial charge in [-0.2, -0.15) is 0 Å². The van der Waals surface area contributed by atoms with E-state index in [9.17, 15) is 4.79 Å². The van der Waals surface area contributed by atoms with Crippen molar-refractivity contribution in [3.8, 4) is 0 Å². The molecule has 0 aliphatic heterocycles. The Bertz CT molecular complexity index is 616. The van der Waals surface area contributed by atoms with Gasteiger partial charge in [-0.05, 0) is 41.8 Å². The highest BCUT2D eigenvalue weighted by molar-refractivity contribution is 9.10. The Balaban J connectivity index is 2.19. The van der Waals surface area contributed by atoms with Crippen LogP contribution in [0.4, 0.5) is 5.13 Å². The maximum Gasteiger partial charge on any atom is 0.274 e. The molecule has 0 atom stereocenters. The van der Waals surface area contributed by atoms with E-state index >= 15 is 0 Å². The van der Waals surface area contributed by atoms with E-state index in [2.05, 4.69) is 40.1 Å². The Morgan fingerprint density at radius 1 is 1.40 bits per heavy atom. The number of carbonyl (C=O) groups excluding carboxylic acids is 1. The quantitative estimate of drug-likeness (QED) is 0.866. The van der Waals surface area contributed by atoms with Crippen LogP contribution in [0.25, 0.3) is 0 Å². The van der Waals surface area contributed by atoms with Gasteiger partial charge in [0.1, 0.15) is 5.69 Å². The number of anilines is 1. The summed E-state index contributed by atoms with van der Waals surface area (Å²) in [4.78, 5) is 16.8. The Labute approximate surface area is 131 Å². The lowest BCUT2D eigenvalue weighted by atomic mass is 10.2. The Kier molecular flexibility index (Phi) is 4.65. The SMILES string of the molecule is CC(C)c1csc(NC(=O)c2cc(Br)cn2C(C)C)n1. The topological polar surface area (TPSA) is 46.9 Å². The van der Waals surface area contributed by atoms with Gasteiger partial charge in [-0.15, -0.1) is 11.3 Å².